The van der Waals surface area contributed by atoms with E-state index in [-0.39, 0.29) is 0 Å². The quantitative estimate of drug-likeness (QED) is 0.0664. The molecule has 0 N–H and O–H groups in total. The summed E-state index contributed by atoms with van der Waals surface area (Å²) in [6, 6.07) is 0. The highest BCUT2D eigenvalue weighted by molar-refractivity contribution is 4.58. The number of rotatable bonds is 37. The van der Waals surface area contributed by atoms with Crippen LogP contribution in [0.1, 0.15) is 239 Å². The Kier molecular flexibility index (Phi) is 37.9. The highest BCUT2D eigenvalue weighted by Crippen LogP contribution is 2.16. The number of unbranched alkanes of at least 4 members (excludes halogenated alkanes) is 32. The predicted octanol–water partition coefficient (Wildman–Crippen LogP) is 14.6. The van der Waals surface area contributed by atoms with Gasteiger partial charge in [0.1, 0.15) is 0 Å². The van der Waals surface area contributed by atoms with E-state index in [2.05, 4.69) is 25.7 Å². The summed E-state index contributed by atoms with van der Waals surface area (Å²) in [5, 5.41) is 0. The Hall–Kier alpha value is -0.0400. The summed E-state index contributed by atoms with van der Waals surface area (Å²) >= 11 is 0. The van der Waals surface area contributed by atoms with Crippen molar-refractivity contribution in [1.29, 1.82) is 0 Å². The van der Waals surface area contributed by atoms with Gasteiger partial charge in [0.2, 0.25) is 0 Å². The summed E-state index contributed by atoms with van der Waals surface area (Å²) in [5.41, 5.74) is 0. The molecule has 0 atom stereocenters. The molecule has 0 radical (unpaired) electrons. The maximum atomic E-state index is 2.72. The van der Waals surface area contributed by atoms with E-state index in [9.17, 15) is 0 Å². The molecule has 0 aliphatic rings. The van der Waals surface area contributed by atoms with Crippen LogP contribution in [0.3, 0.4) is 0 Å². The van der Waals surface area contributed by atoms with Crippen molar-refractivity contribution in [3.63, 3.8) is 0 Å². The minimum atomic E-state index is 1.25. The Morgan fingerprint density at radius 3 is 0.561 bits per heavy atom. The van der Waals surface area contributed by atoms with Gasteiger partial charge in [-0.2, -0.15) is 0 Å². The molecule has 0 amide bonds. The lowest BCUT2D eigenvalue weighted by Gasteiger charge is -2.20. The molecule has 0 aliphatic heterocycles. The SMILES string of the molecule is CCCCCCCCCCCCCCCCCCCCCCN(CC)CCCCCCCCCCCCCCCC. The van der Waals surface area contributed by atoms with Crippen LogP contribution < -0.4 is 0 Å². The molecule has 0 heterocycles. The van der Waals surface area contributed by atoms with Crippen LogP contribution in [0.4, 0.5) is 0 Å². The van der Waals surface area contributed by atoms with Crippen molar-refractivity contribution in [2.45, 2.75) is 239 Å². The van der Waals surface area contributed by atoms with Gasteiger partial charge in [-0.3, -0.25) is 0 Å². The third-order valence-electron chi connectivity index (χ3n) is 9.60. The molecule has 41 heavy (non-hydrogen) atoms. The van der Waals surface area contributed by atoms with Crippen molar-refractivity contribution in [2.24, 2.45) is 0 Å². The zero-order valence-electron chi connectivity index (χ0n) is 29.6. The number of hydrogen-bond acceptors (Lipinski definition) is 1. The van der Waals surface area contributed by atoms with Crippen LogP contribution >= 0.6 is 0 Å². The molecule has 248 valence electrons. The lowest BCUT2D eigenvalue weighted by atomic mass is 10.0. The normalized spacial score (nSPS) is 11.7. The Bertz CT molecular complexity index is 433. The van der Waals surface area contributed by atoms with Crippen LogP contribution in [0.2, 0.25) is 0 Å². The van der Waals surface area contributed by atoms with Crippen LogP contribution in [0, 0.1) is 0 Å². The first kappa shape index (κ1) is 41.0. The molecular formula is C40H83N. The van der Waals surface area contributed by atoms with Gasteiger partial charge in [0.25, 0.3) is 0 Å². The Morgan fingerprint density at radius 2 is 0.390 bits per heavy atom. The van der Waals surface area contributed by atoms with Gasteiger partial charge in [0.15, 0.2) is 0 Å². The van der Waals surface area contributed by atoms with Crippen LogP contribution in [-0.4, -0.2) is 24.5 Å². The second kappa shape index (κ2) is 38.0. The molecule has 0 aromatic carbocycles. The Morgan fingerprint density at radius 1 is 0.220 bits per heavy atom. The van der Waals surface area contributed by atoms with E-state index in [1.807, 2.05) is 0 Å². The highest BCUT2D eigenvalue weighted by atomic mass is 15.1. The van der Waals surface area contributed by atoms with Gasteiger partial charge in [-0.15, -0.1) is 0 Å². The topological polar surface area (TPSA) is 3.24 Å². The largest absolute Gasteiger partial charge is 0.304 e. The molecule has 0 bridgehead atoms. The van der Waals surface area contributed by atoms with Crippen molar-refractivity contribution >= 4 is 0 Å². The second-order valence-corrected chi connectivity index (χ2v) is 13.7. The summed E-state index contributed by atoms with van der Waals surface area (Å²) in [5.74, 6) is 0. The lowest BCUT2D eigenvalue weighted by molar-refractivity contribution is 0.273. The zero-order valence-corrected chi connectivity index (χ0v) is 29.6. The minimum absolute atomic E-state index is 1.25. The molecule has 0 aliphatic carbocycles. The van der Waals surface area contributed by atoms with Crippen molar-refractivity contribution in [3.8, 4) is 0 Å². The summed E-state index contributed by atoms with van der Waals surface area (Å²) in [4.78, 5) is 2.72. The van der Waals surface area contributed by atoms with Crippen molar-refractivity contribution in [1.82, 2.24) is 4.90 Å². The molecular weight excluding hydrogens is 494 g/mol. The Balaban J connectivity index is 3.23. The summed E-state index contributed by atoms with van der Waals surface area (Å²) in [6.45, 7) is 10.9. The summed E-state index contributed by atoms with van der Waals surface area (Å²) < 4.78 is 0. The zero-order chi connectivity index (χ0) is 29.7. The van der Waals surface area contributed by atoms with Crippen LogP contribution in [0.5, 0.6) is 0 Å². The molecule has 0 fully saturated rings. The smallest absolute Gasteiger partial charge is 0.00189 e. The average molecular weight is 578 g/mol. The molecule has 0 spiro atoms. The monoisotopic (exact) mass is 578 g/mol. The molecule has 0 saturated carbocycles. The van der Waals surface area contributed by atoms with Crippen LogP contribution in [0.25, 0.3) is 0 Å². The van der Waals surface area contributed by atoms with Gasteiger partial charge in [0.05, 0.1) is 0 Å². The maximum absolute atomic E-state index is 2.72. The van der Waals surface area contributed by atoms with E-state index >= 15 is 0 Å². The minimum Gasteiger partial charge on any atom is -0.304 e. The summed E-state index contributed by atoms with van der Waals surface area (Å²) in [6.07, 6.45) is 49.9. The molecule has 0 aromatic heterocycles. The standard InChI is InChI=1S/C40H83N/c1-4-7-9-11-13-15-17-19-21-22-23-24-25-26-28-30-32-34-36-38-40-41(6-3)39-37-35-33-31-29-27-20-18-16-14-12-10-8-5-2/h4-40H2,1-3H3. The van der Waals surface area contributed by atoms with Crippen LogP contribution in [-0.2, 0) is 0 Å². The molecule has 0 rings (SSSR count). The van der Waals surface area contributed by atoms with E-state index in [0.29, 0.717) is 0 Å². The first-order chi connectivity index (χ1) is 20.3. The third-order valence-corrected chi connectivity index (χ3v) is 9.60. The Labute approximate surface area is 263 Å². The number of hydrogen-bond donors (Lipinski definition) is 0. The average Bonchev–Trinajstić information content (AvgIpc) is 2.99. The molecule has 1 heteroatoms. The van der Waals surface area contributed by atoms with Gasteiger partial charge in [0, 0.05) is 0 Å². The number of nitrogens with zero attached hydrogens (tertiary/aromatic N) is 1. The fourth-order valence-electron chi connectivity index (χ4n) is 6.55. The van der Waals surface area contributed by atoms with Gasteiger partial charge in [-0.25, -0.2) is 0 Å². The first-order valence-electron chi connectivity index (χ1n) is 20.1. The van der Waals surface area contributed by atoms with E-state index in [1.165, 1.54) is 238 Å². The second-order valence-electron chi connectivity index (χ2n) is 13.7. The van der Waals surface area contributed by atoms with Gasteiger partial charge in [-0.1, -0.05) is 226 Å². The fraction of sp³-hybridized carbons (Fsp3) is 1.00. The third kappa shape index (κ3) is 36.1. The van der Waals surface area contributed by atoms with Gasteiger partial charge < -0.3 is 4.90 Å². The van der Waals surface area contributed by atoms with E-state index in [1.54, 1.807) is 0 Å². The lowest BCUT2D eigenvalue weighted by Crippen LogP contribution is -2.25. The molecule has 0 aromatic rings. The molecule has 0 saturated heterocycles. The first-order valence-corrected chi connectivity index (χ1v) is 20.1. The summed E-state index contributed by atoms with van der Waals surface area (Å²) in [7, 11) is 0. The molecule has 1 nitrogen and oxygen atoms in total. The van der Waals surface area contributed by atoms with Crippen molar-refractivity contribution in [2.75, 3.05) is 19.6 Å². The highest BCUT2D eigenvalue weighted by Gasteiger charge is 2.02. The van der Waals surface area contributed by atoms with E-state index in [4.69, 9.17) is 0 Å². The fourth-order valence-corrected chi connectivity index (χ4v) is 6.55. The van der Waals surface area contributed by atoms with Crippen molar-refractivity contribution < 1.29 is 0 Å². The predicted molar refractivity (Wildman–Crippen MR) is 190 cm³/mol. The van der Waals surface area contributed by atoms with Gasteiger partial charge >= 0.3 is 0 Å². The van der Waals surface area contributed by atoms with E-state index < -0.39 is 0 Å². The van der Waals surface area contributed by atoms with E-state index in [0.717, 1.165) is 0 Å². The van der Waals surface area contributed by atoms with Gasteiger partial charge in [-0.05, 0) is 32.5 Å². The van der Waals surface area contributed by atoms with Crippen molar-refractivity contribution in [3.05, 3.63) is 0 Å². The van der Waals surface area contributed by atoms with Crippen LogP contribution in [0.15, 0.2) is 0 Å². The molecule has 0 unspecified atom stereocenters. The maximum Gasteiger partial charge on any atom is -0.00189 e.